The van der Waals surface area contributed by atoms with Crippen molar-refractivity contribution in [2.45, 2.75) is 25.0 Å². The largest absolute Gasteiger partial charge is 0.394 e. The van der Waals surface area contributed by atoms with Crippen molar-refractivity contribution < 1.29 is 28.6 Å². The van der Waals surface area contributed by atoms with Crippen molar-refractivity contribution in [2.24, 2.45) is 0 Å². The number of nitrogen functional groups attached to an aromatic ring is 1. The normalized spacial score (nSPS) is 14.9. The van der Waals surface area contributed by atoms with E-state index in [0.717, 1.165) is 6.07 Å². The lowest BCUT2D eigenvalue weighted by atomic mass is 10.0. The Bertz CT molecular complexity index is 1310. The Hall–Kier alpha value is -3.41. The van der Waals surface area contributed by atoms with Gasteiger partial charge in [-0.1, -0.05) is 22.0 Å². The third kappa shape index (κ3) is 6.12. The van der Waals surface area contributed by atoms with Crippen LogP contribution in [0, 0.1) is 11.6 Å². The molecule has 2 aromatic carbocycles. The van der Waals surface area contributed by atoms with Gasteiger partial charge in [0.2, 0.25) is 0 Å². The molecule has 11 heteroatoms. The van der Waals surface area contributed by atoms with Gasteiger partial charge in [-0.05, 0) is 60.4 Å². The number of pyridine rings is 1. The summed E-state index contributed by atoms with van der Waals surface area (Å²) in [5.41, 5.74) is 6.94. The summed E-state index contributed by atoms with van der Waals surface area (Å²) in [7, 11) is 0. The van der Waals surface area contributed by atoms with Crippen LogP contribution < -0.4 is 11.1 Å². The molecule has 1 fully saturated rings. The maximum Gasteiger partial charge on any atom is 0.255 e. The fourth-order valence-electron chi connectivity index (χ4n) is 4.19. The molecule has 1 saturated heterocycles. The van der Waals surface area contributed by atoms with Crippen LogP contribution in [-0.4, -0.2) is 57.7 Å². The Kier molecular flexibility index (Phi) is 8.16. The van der Waals surface area contributed by atoms with Crippen molar-refractivity contribution in [1.29, 1.82) is 0 Å². The third-order valence-corrected chi connectivity index (χ3v) is 6.67. The lowest BCUT2D eigenvalue weighted by molar-refractivity contribution is 0.0546. The van der Waals surface area contributed by atoms with Gasteiger partial charge in [0.15, 0.2) is 0 Å². The minimum Gasteiger partial charge on any atom is -0.394 e. The number of piperidine rings is 1. The van der Waals surface area contributed by atoms with Gasteiger partial charge < -0.3 is 26.2 Å². The van der Waals surface area contributed by atoms with Crippen LogP contribution in [0.5, 0.6) is 0 Å². The molecule has 1 aliphatic rings. The van der Waals surface area contributed by atoms with Crippen LogP contribution in [0.4, 0.5) is 14.6 Å². The van der Waals surface area contributed by atoms with Crippen LogP contribution in [0.2, 0.25) is 0 Å². The molecule has 0 aliphatic carbocycles. The molecule has 0 radical (unpaired) electrons. The zero-order valence-electron chi connectivity index (χ0n) is 19.6. The maximum atomic E-state index is 15.0. The molecule has 1 aromatic heterocycles. The van der Waals surface area contributed by atoms with Gasteiger partial charge in [-0.3, -0.25) is 9.59 Å². The van der Waals surface area contributed by atoms with Crippen LogP contribution >= 0.6 is 15.9 Å². The van der Waals surface area contributed by atoms with E-state index in [2.05, 4.69) is 26.2 Å². The van der Waals surface area contributed by atoms with E-state index in [4.69, 9.17) is 5.73 Å². The number of halogens is 3. The monoisotopic (exact) mass is 574 g/mol. The number of nitrogens with one attached hydrogen (secondary N) is 1. The van der Waals surface area contributed by atoms with Crippen molar-refractivity contribution in [2.75, 3.05) is 25.4 Å². The zero-order valence-corrected chi connectivity index (χ0v) is 21.2. The smallest absolute Gasteiger partial charge is 0.255 e. The predicted octanol–water partition coefficient (Wildman–Crippen LogP) is 3.43. The average Bonchev–Trinajstić information content (AvgIpc) is 2.86. The van der Waals surface area contributed by atoms with E-state index < -0.39 is 36.3 Å². The first-order chi connectivity index (χ1) is 17.7. The molecule has 37 heavy (non-hydrogen) atoms. The number of likely N-dealkylation sites (tertiary alicyclic amines) is 1. The van der Waals surface area contributed by atoms with E-state index in [-0.39, 0.29) is 22.9 Å². The Balaban J connectivity index is 1.55. The fraction of sp³-hybridized carbons (Fsp3) is 0.269. The summed E-state index contributed by atoms with van der Waals surface area (Å²) in [6.07, 6.45) is 1.91. The van der Waals surface area contributed by atoms with Gasteiger partial charge in [-0.2, -0.15) is 0 Å². The highest BCUT2D eigenvalue weighted by Crippen LogP contribution is 2.28. The number of hydrogen-bond acceptors (Lipinski definition) is 6. The van der Waals surface area contributed by atoms with E-state index in [9.17, 15) is 24.2 Å². The number of aromatic nitrogens is 1. The number of rotatable bonds is 6. The Morgan fingerprint density at radius 1 is 1.16 bits per heavy atom. The first-order valence-corrected chi connectivity index (χ1v) is 12.4. The molecule has 1 aliphatic heterocycles. The molecule has 5 N–H and O–H groups in total. The minimum absolute atomic E-state index is 0.0826. The Morgan fingerprint density at radius 3 is 2.54 bits per heavy atom. The standard InChI is InChI=1S/C26H25BrF2N4O4/c27-17-7-15(8-18(28)11-17)23(13-34)32-25(36)20-2-1-14(10-22(20)29)21-9-16(12-31-24(21)30)26(37)33-5-3-19(35)4-6-33/h1-2,7-12,19,23,34-35H,3-6,13H2,(H2,30,31)(H,32,36). The van der Waals surface area contributed by atoms with Crippen molar-refractivity contribution in [3.63, 3.8) is 0 Å². The summed E-state index contributed by atoms with van der Waals surface area (Å²) in [6.45, 7) is 0.305. The summed E-state index contributed by atoms with van der Waals surface area (Å²) >= 11 is 3.16. The number of nitrogens with two attached hydrogens (primary N) is 1. The second-order valence-corrected chi connectivity index (χ2v) is 9.70. The van der Waals surface area contributed by atoms with Gasteiger partial charge in [0.05, 0.1) is 29.9 Å². The highest BCUT2D eigenvalue weighted by Gasteiger charge is 2.24. The molecular formula is C26H25BrF2N4O4. The molecule has 3 aromatic rings. The zero-order chi connectivity index (χ0) is 26.7. The number of carbonyl (C=O) groups is 2. The van der Waals surface area contributed by atoms with Crippen molar-refractivity contribution in [3.05, 3.63) is 81.5 Å². The number of nitrogens with zero attached hydrogens (tertiary/aromatic N) is 2. The number of anilines is 1. The average molecular weight is 575 g/mol. The lowest BCUT2D eigenvalue weighted by Crippen LogP contribution is -2.40. The number of hydrogen-bond donors (Lipinski definition) is 4. The van der Waals surface area contributed by atoms with Gasteiger partial charge in [0, 0.05) is 29.3 Å². The van der Waals surface area contributed by atoms with Gasteiger partial charge in [0.25, 0.3) is 11.8 Å². The van der Waals surface area contributed by atoms with Crippen LogP contribution in [0.3, 0.4) is 0 Å². The molecule has 1 unspecified atom stereocenters. The van der Waals surface area contributed by atoms with E-state index in [1.165, 1.54) is 36.5 Å². The minimum atomic E-state index is -0.961. The van der Waals surface area contributed by atoms with E-state index in [0.29, 0.717) is 47.1 Å². The van der Waals surface area contributed by atoms with Gasteiger partial charge in [0.1, 0.15) is 17.5 Å². The van der Waals surface area contributed by atoms with Crippen molar-refractivity contribution >= 4 is 33.6 Å². The van der Waals surface area contributed by atoms with Crippen LogP contribution in [-0.2, 0) is 0 Å². The van der Waals surface area contributed by atoms with Gasteiger partial charge >= 0.3 is 0 Å². The molecule has 194 valence electrons. The molecule has 2 amide bonds. The SMILES string of the molecule is Nc1ncc(C(=O)N2CCC(O)CC2)cc1-c1ccc(C(=O)NC(CO)c2cc(F)cc(Br)c2)c(F)c1. The molecule has 0 saturated carbocycles. The number of aliphatic hydroxyl groups is 2. The molecule has 0 bridgehead atoms. The maximum absolute atomic E-state index is 15.0. The molecule has 1 atom stereocenters. The van der Waals surface area contributed by atoms with Crippen molar-refractivity contribution in [3.8, 4) is 11.1 Å². The quantitative estimate of drug-likeness (QED) is 0.357. The molecule has 0 spiro atoms. The molecule has 2 heterocycles. The summed E-state index contributed by atoms with van der Waals surface area (Å²) in [5, 5.41) is 21.9. The number of carbonyl (C=O) groups excluding carboxylic acids is 2. The molecule has 4 rings (SSSR count). The number of benzene rings is 2. The molecule has 8 nitrogen and oxygen atoms in total. The third-order valence-electron chi connectivity index (χ3n) is 6.22. The predicted molar refractivity (Wildman–Crippen MR) is 137 cm³/mol. The first-order valence-electron chi connectivity index (χ1n) is 11.6. The second-order valence-electron chi connectivity index (χ2n) is 8.79. The molecular weight excluding hydrogens is 550 g/mol. The number of amides is 2. The Labute approximate surface area is 220 Å². The summed E-state index contributed by atoms with van der Waals surface area (Å²) in [4.78, 5) is 31.4. The summed E-state index contributed by atoms with van der Waals surface area (Å²) in [6, 6.07) is 8.35. The summed E-state index contributed by atoms with van der Waals surface area (Å²) in [5.74, 6) is -2.40. The fourth-order valence-corrected chi connectivity index (χ4v) is 4.67. The van der Waals surface area contributed by atoms with Gasteiger partial charge in [-0.25, -0.2) is 13.8 Å². The lowest BCUT2D eigenvalue weighted by Gasteiger charge is -2.29. The van der Waals surface area contributed by atoms with Crippen molar-refractivity contribution in [1.82, 2.24) is 15.2 Å². The van der Waals surface area contributed by atoms with E-state index in [1.54, 1.807) is 11.0 Å². The van der Waals surface area contributed by atoms with Crippen LogP contribution in [0.1, 0.15) is 45.2 Å². The first kappa shape index (κ1) is 26.6. The van der Waals surface area contributed by atoms with Crippen LogP contribution in [0.25, 0.3) is 11.1 Å². The highest BCUT2D eigenvalue weighted by molar-refractivity contribution is 9.10. The second kappa shape index (κ2) is 11.3. The topological polar surface area (TPSA) is 129 Å². The Morgan fingerprint density at radius 2 is 1.89 bits per heavy atom. The van der Waals surface area contributed by atoms with Gasteiger partial charge in [-0.15, -0.1) is 0 Å². The number of aliphatic hydroxyl groups excluding tert-OH is 2. The highest BCUT2D eigenvalue weighted by atomic mass is 79.9. The summed E-state index contributed by atoms with van der Waals surface area (Å²) < 4.78 is 29.2. The van der Waals surface area contributed by atoms with E-state index in [1.807, 2.05) is 0 Å². The van der Waals surface area contributed by atoms with Crippen LogP contribution in [0.15, 0.2) is 53.1 Å². The van der Waals surface area contributed by atoms with E-state index >= 15 is 4.39 Å².